The van der Waals surface area contributed by atoms with Crippen molar-refractivity contribution >= 4 is 0 Å². The van der Waals surface area contributed by atoms with E-state index in [1.165, 1.54) is 6.92 Å². The van der Waals surface area contributed by atoms with Crippen LogP contribution in [0, 0.1) is 0 Å². The summed E-state index contributed by atoms with van der Waals surface area (Å²) in [5.41, 5.74) is -0.747. The number of hydrogen-bond acceptors (Lipinski definition) is 6. The molecule has 1 unspecified atom stereocenters. The molecule has 0 spiro atoms. The highest BCUT2D eigenvalue weighted by Crippen LogP contribution is 2.01. The van der Waals surface area contributed by atoms with Crippen molar-refractivity contribution in [3.8, 4) is 0 Å². The van der Waals surface area contributed by atoms with E-state index in [0.29, 0.717) is 0 Å². The first-order valence-electron chi connectivity index (χ1n) is 3.98. The monoisotopic (exact) mass is 201 g/mol. The van der Waals surface area contributed by atoms with Gasteiger partial charge in [0.1, 0.15) is 25.3 Å². The van der Waals surface area contributed by atoms with Gasteiger partial charge in [0.2, 0.25) is 0 Å². The predicted molar refractivity (Wildman–Crippen MR) is 45.1 cm³/mol. The van der Waals surface area contributed by atoms with E-state index < -0.39 is 25.1 Å². The molecule has 0 amide bonds. The zero-order valence-corrected chi connectivity index (χ0v) is 7.58. The molecule has 1 heterocycles. The molecular formula is C7H11N3O4. The van der Waals surface area contributed by atoms with Gasteiger partial charge in [-0.2, -0.15) is 4.98 Å². The number of hydrogen-bond donors (Lipinski definition) is 3. The summed E-state index contributed by atoms with van der Waals surface area (Å²) in [4.78, 5) is 18.3. The third-order valence-corrected chi connectivity index (χ3v) is 1.62. The van der Waals surface area contributed by atoms with Gasteiger partial charge >= 0.3 is 5.69 Å². The first kappa shape index (κ1) is 10.8. The number of rotatable bonds is 3. The first-order valence-corrected chi connectivity index (χ1v) is 3.98. The van der Waals surface area contributed by atoms with Gasteiger partial charge in [0.25, 0.3) is 0 Å². The van der Waals surface area contributed by atoms with Crippen molar-refractivity contribution in [2.75, 3.05) is 0 Å². The number of nitrogens with zero attached hydrogens (tertiary/aromatic N) is 3. The molecule has 0 aliphatic rings. The van der Waals surface area contributed by atoms with Gasteiger partial charge in [-0.25, -0.2) is 9.78 Å². The molecule has 1 atom stereocenters. The van der Waals surface area contributed by atoms with Gasteiger partial charge < -0.3 is 15.3 Å². The lowest BCUT2D eigenvalue weighted by Crippen LogP contribution is -2.31. The molecule has 0 aliphatic carbocycles. The van der Waals surface area contributed by atoms with Crippen LogP contribution in [0.25, 0.3) is 0 Å². The lowest BCUT2D eigenvalue weighted by Gasteiger charge is -2.12. The minimum Gasteiger partial charge on any atom is -0.388 e. The Morgan fingerprint density at radius 3 is 2.43 bits per heavy atom. The molecule has 1 rings (SSSR count). The standard InChI is InChI=1S/C7H11N3O4/c1-4(13)10-6(3-12)8-5(2-11)9-7(10)14/h4,11-13H,2-3H2,1H3. The maximum absolute atomic E-state index is 11.2. The fourth-order valence-electron chi connectivity index (χ4n) is 1.06. The van der Waals surface area contributed by atoms with Crippen LogP contribution in [0.15, 0.2) is 4.79 Å². The maximum atomic E-state index is 11.2. The van der Waals surface area contributed by atoms with Crippen LogP contribution in [-0.2, 0) is 13.2 Å². The van der Waals surface area contributed by atoms with Crippen molar-refractivity contribution in [1.29, 1.82) is 0 Å². The Morgan fingerprint density at radius 2 is 2.00 bits per heavy atom. The Hall–Kier alpha value is -1.31. The van der Waals surface area contributed by atoms with Gasteiger partial charge in [0, 0.05) is 0 Å². The van der Waals surface area contributed by atoms with Crippen LogP contribution in [0.4, 0.5) is 0 Å². The molecule has 0 aliphatic heterocycles. The van der Waals surface area contributed by atoms with E-state index in [9.17, 15) is 9.90 Å². The highest BCUT2D eigenvalue weighted by molar-refractivity contribution is 4.92. The predicted octanol–water partition coefficient (Wildman–Crippen LogP) is -1.87. The Bertz CT molecular complexity index is 374. The van der Waals surface area contributed by atoms with E-state index >= 15 is 0 Å². The minimum absolute atomic E-state index is 0.0240. The van der Waals surface area contributed by atoms with Gasteiger partial charge in [-0.3, -0.25) is 4.57 Å². The lowest BCUT2D eigenvalue weighted by atomic mass is 10.5. The molecule has 0 saturated carbocycles. The molecule has 0 fully saturated rings. The summed E-state index contributed by atoms with van der Waals surface area (Å²) in [7, 11) is 0. The Morgan fingerprint density at radius 1 is 1.36 bits per heavy atom. The van der Waals surface area contributed by atoms with Crippen LogP contribution in [0.2, 0.25) is 0 Å². The van der Waals surface area contributed by atoms with E-state index in [-0.39, 0.29) is 11.6 Å². The summed E-state index contributed by atoms with van der Waals surface area (Å²) in [6, 6.07) is 0. The van der Waals surface area contributed by atoms with E-state index in [0.717, 1.165) is 4.57 Å². The fraction of sp³-hybridized carbons (Fsp3) is 0.571. The number of aliphatic hydroxyl groups is 3. The molecule has 0 saturated heterocycles. The molecule has 0 aromatic carbocycles. The van der Waals surface area contributed by atoms with Crippen molar-refractivity contribution in [2.24, 2.45) is 0 Å². The molecule has 1 aromatic rings. The molecule has 0 bridgehead atoms. The molecule has 3 N–H and O–H groups in total. The largest absolute Gasteiger partial charge is 0.388 e. The third kappa shape index (κ3) is 1.95. The smallest absolute Gasteiger partial charge is 0.352 e. The summed E-state index contributed by atoms with van der Waals surface area (Å²) in [6.07, 6.45) is -1.11. The van der Waals surface area contributed by atoms with Crippen LogP contribution < -0.4 is 5.69 Å². The fourth-order valence-corrected chi connectivity index (χ4v) is 1.06. The van der Waals surface area contributed by atoms with Crippen molar-refractivity contribution in [3.63, 3.8) is 0 Å². The Kier molecular flexibility index (Phi) is 3.28. The second-order valence-electron chi connectivity index (χ2n) is 2.66. The molecule has 0 radical (unpaired) electrons. The molecule has 1 aromatic heterocycles. The zero-order chi connectivity index (χ0) is 10.7. The summed E-state index contributed by atoms with van der Waals surface area (Å²) in [6.45, 7) is 0.362. The van der Waals surface area contributed by atoms with Crippen molar-refractivity contribution < 1.29 is 15.3 Å². The van der Waals surface area contributed by atoms with Crippen molar-refractivity contribution in [1.82, 2.24) is 14.5 Å². The van der Waals surface area contributed by atoms with E-state index in [2.05, 4.69) is 9.97 Å². The highest BCUT2D eigenvalue weighted by Gasteiger charge is 2.12. The second-order valence-corrected chi connectivity index (χ2v) is 2.66. The van der Waals surface area contributed by atoms with Crippen LogP contribution >= 0.6 is 0 Å². The van der Waals surface area contributed by atoms with Crippen LogP contribution in [0.3, 0.4) is 0 Å². The van der Waals surface area contributed by atoms with E-state index in [4.69, 9.17) is 10.2 Å². The summed E-state index contributed by atoms with van der Waals surface area (Å²) < 4.78 is 0.846. The van der Waals surface area contributed by atoms with Crippen LogP contribution in [0.1, 0.15) is 24.8 Å². The van der Waals surface area contributed by atoms with Gasteiger partial charge in [-0.15, -0.1) is 0 Å². The Balaban J connectivity index is 3.35. The summed E-state index contributed by atoms with van der Waals surface area (Å²) in [5, 5.41) is 26.8. The topological polar surface area (TPSA) is 108 Å². The molecule has 14 heavy (non-hydrogen) atoms. The Labute approximate surface area is 79.3 Å². The van der Waals surface area contributed by atoms with E-state index in [1.54, 1.807) is 0 Å². The lowest BCUT2D eigenvalue weighted by molar-refractivity contribution is 0.105. The quantitative estimate of drug-likeness (QED) is 0.529. The van der Waals surface area contributed by atoms with Gasteiger partial charge in [0.15, 0.2) is 5.82 Å². The van der Waals surface area contributed by atoms with Crippen molar-refractivity contribution in [2.45, 2.75) is 26.4 Å². The van der Waals surface area contributed by atoms with Crippen molar-refractivity contribution in [3.05, 3.63) is 22.1 Å². The first-order chi connectivity index (χ1) is 6.60. The van der Waals surface area contributed by atoms with Crippen LogP contribution in [0.5, 0.6) is 0 Å². The van der Waals surface area contributed by atoms with E-state index in [1.807, 2.05) is 0 Å². The average molecular weight is 201 g/mol. The van der Waals surface area contributed by atoms with Gasteiger partial charge in [0.05, 0.1) is 0 Å². The minimum atomic E-state index is -1.11. The third-order valence-electron chi connectivity index (χ3n) is 1.62. The maximum Gasteiger partial charge on any atom is 0.352 e. The molecule has 7 heteroatoms. The van der Waals surface area contributed by atoms with Gasteiger partial charge in [-0.1, -0.05) is 0 Å². The average Bonchev–Trinajstić information content (AvgIpc) is 2.15. The second kappa shape index (κ2) is 4.27. The van der Waals surface area contributed by atoms with Crippen LogP contribution in [-0.4, -0.2) is 29.9 Å². The SMILES string of the molecule is CC(O)n1c(CO)nc(CO)nc1=O. The number of aliphatic hydroxyl groups excluding tert-OH is 3. The summed E-state index contributed by atoms with van der Waals surface area (Å²) >= 11 is 0. The zero-order valence-electron chi connectivity index (χ0n) is 7.58. The normalized spacial score (nSPS) is 12.9. The molecular weight excluding hydrogens is 190 g/mol. The molecule has 7 nitrogen and oxygen atoms in total. The van der Waals surface area contributed by atoms with Gasteiger partial charge in [-0.05, 0) is 6.92 Å². The number of aromatic nitrogens is 3. The highest BCUT2D eigenvalue weighted by atomic mass is 16.3. The summed E-state index contributed by atoms with van der Waals surface area (Å²) in [5.74, 6) is -0.0972. The molecule has 78 valence electrons.